The summed E-state index contributed by atoms with van der Waals surface area (Å²) < 4.78 is 20.0. The summed E-state index contributed by atoms with van der Waals surface area (Å²) in [5, 5.41) is 2.47. The van der Waals surface area contributed by atoms with Gasteiger partial charge < -0.3 is 15.8 Å². The molecule has 1 amide bonds. The van der Waals surface area contributed by atoms with Crippen molar-refractivity contribution in [2.75, 3.05) is 17.7 Å². The Morgan fingerprint density at radius 2 is 2.10 bits per heavy atom. The molecule has 0 atom stereocenters. The zero-order valence-electron chi connectivity index (χ0n) is 11.1. The van der Waals surface area contributed by atoms with Crippen molar-refractivity contribution in [3.8, 4) is 5.75 Å². The maximum Gasteiger partial charge on any atom is 0.227 e. The fourth-order valence-corrected chi connectivity index (χ4v) is 2.18. The van der Waals surface area contributed by atoms with Crippen LogP contribution in [-0.2, 0) is 4.79 Å². The van der Waals surface area contributed by atoms with Crippen LogP contribution in [0.1, 0.15) is 6.42 Å². The standard InChI is InChI=1S/C15H14FIN2O2/c16-13-5-4-11(18)9-14(13)19-15(20)6-7-21-12-3-1-2-10(17)8-12/h1-5,8-9H,6-7,18H2,(H,19,20). The molecule has 0 bridgehead atoms. The fraction of sp³-hybridized carbons (Fsp3) is 0.133. The summed E-state index contributed by atoms with van der Waals surface area (Å²) >= 11 is 2.18. The summed E-state index contributed by atoms with van der Waals surface area (Å²) in [6.45, 7) is 0.218. The lowest BCUT2D eigenvalue weighted by Crippen LogP contribution is -2.16. The Morgan fingerprint density at radius 1 is 1.29 bits per heavy atom. The Balaban J connectivity index is 1.84. The van der Waals surface area contributed by atoms with Gasteiger partial charge in [-0.15, -0.1) is 0 Å². The number of anilines is 2. The molecule has 21 heavy (non-hydrogen) atoms. The molecule has 4 nitrogen and oxygen atoms in total. The molecule has 0 radical (unpaired) electrons. The summed E-state index contributed by atoms with van der Waals surface area (Å²) in [7, 11) is 0. The van der Waals surface area contributed by atoms with Crippen LogP contribution < -0.4 is 15.8 Å². The summed E-state index contributed by atoms with van der Waals surface area (Å²) in [4.78, 5) is 11.7. The largest absolute Gasteiger partial charge is 0.493 e. The molecule has 0 aliphatic rings. The van der Waals surface area contributed by atoms with Gasteiger partial charge in [-0.25, -0.2) is 4.39 Å². The van der Waals surface area contributed by atoms with Crippen molar-refractivity contribution in [2.45, 2.75) is 6.42 Å². The maximum atomic E-state index is 13.5. The number of hydrogen-bond donors (Lipinski definition) is 2. The van der Waals surface area contributed by atoms with Crippen molar-refractivity contribution in [3.63, 3.8) is 0 Å². The van der Waals surface area contributed by atoms with Gasteiger partial charge in [0.2, 0.25) is 5.91 Å². The maximum absolute atomic E-state index is 13.5. The monoisotopic (exact) mass is 400 g/mol. The van der Waals surface area contributed by atoms with Crippen LogP contribution >= 0.6 is 22.6 Å². The van der Waals surface area contributed by atoms with E-state index < -0.39 is 5.82 Å². The van der Waals surface area contributed by atoms with Gasteiger partial charge >= 0.3 is 0 Å². The SMILES string of the molecule is Nc1ccc(F)c(NC(=O)CCOc2cccc(I)c2)c1. The van der Waals surface area contributed by atoms with Gasteiger partial charge in [0.25, 0.3) is 0 Å². The highest BCUT2D eigenvalue weighted by atomic mass is 127. The minimum Gasteiger partial charge on any atom is -0.493 e. The van der Waals surface area contributed by atoms with Crippen LogP contribution in [0.4, 0.5) is 15.8 Å². The number of halogens is 2. The van der Waals surface area contributed by atoms with Crippen molar-refractivity contribution in [1.82, 2.24) is 0 Å². The second-order valence-corrected chi connectivity index (χ2v) is 5.59. The number of nitrogens with one attached hydrogen (secondary N) is 1. The Morgan fingerprint density at radius 3 is 2.86 bits per heavy atom. The first-order valence-corrected chi connectivity index (χ1v) is 7.36. The van der Waals surface area contributed by atoms with Gasteiger partial charge in [-0.1, -0.05) is 6.07 Å². The molecular weight excluding hydrogens is 386 g/mol. The van der Waals surface area contributed by atoms with E-state index in [2.05, 4.69) is 27.9 Å². The number of carbonyl (C=O) groups excluding carboxylic acids is 1. The van der Waals surface area contributed by atoms with Gasteiger partial charge in [0.1, 0.15) is 11.6 Å². The summed E-state index contributed by atoms with van der Waals surface area (Å²) in [6.07, 6.45) is 0.125. The number of hydrogen-bond acceptors (Lipinski definition) is 3. The number of rotatable bonds is 5. The van der Waals surface area contributed by atoms with E-state index in [9.17, 15) is 9.18 Å². The minimum atomic E-state index is -0.518. The van der Waals surface area contributed by atoms with E-state index in [1.165, 1.54) is 18.2 Å². The average Bonchev–Trinajstić information content (AvgIpc) is 2.43. The van der Waals surface area contributed by atoms with Crippen molar-refractivity contribution in [1.29, 1.82) is 0 Å². The predicted octanol–water partition coefficient (Wildman–Crippen LogP) is 3.42. The topological polar surface area (TPSA) is 64.3 Å². The molecule has 0 aromatic heterocycles. The van der Waals surface area contributed by atoms with Crippen LogP contribution in [0.25, 0.3) is 0 Å². The molecule has 6 heteroatoms. The first-order chi connectivity index (χ1) is 10.0. The Labute approximate surface area is 135 Å². The van der Waals surface area contributed by atoms with Crippen molar-refractivity contribution in [2.24, 2.45) is 0 Å². The molecule has 0 spiro atoms. The first kappa shape index (κ1) is 15.6. The number of ether oxygens (including phenoxy) is 1. The third kappa shape index (κ3) is 4.89. The smallest absolute Gasteiger partial charge is 0.227 e. The van der Waals surface area contributed by atoms with Gasteiger partial charge in [-0.2, -0.15) is 0 Å². The Hall–Kier alpha value is -1.83. The molecule has 3 N–H and O–H groups in total. The highest BCUT2D eigenvalue weighted by Crippen LogP contribution is 2.18. The molecule has 0 heterocycles. The third-order valence-electron chi connectivity index (χ3n) is 2.66. The van der Waals surface area contributed by atoms with Crippen LogP contribution in [0.3, 0.4) is 0 Å². The Kier molecular flexibility index (Phi) is 5.38. The molecule has 0 unspecified atom stereocenters. The Bertz CT molecular complexity index is 649. The molecule has 0 aliphatic carbocycles. The van der Waals surface area contributed by atoms with Gasteiger partial charge in [0.05, 0.1) is 18.7 Å². The number of nitrogens with two attached hydrogens (primary N) is 1. The second kappa shape index (κ2) is 7.26. The molecule has 0 aliphatic heterocycles. The van der Waals surface area contributed by atoms with E-state index in [1.807, 2.05) is 24.3 Å². The molecule has 2 aromatic carbocycles. The van der Waals surface area contributed by atoms with E-state index in [0.717, 1.165) is 3.57 Å². The van der Waals surface area contributed by atoms with Crippen LogP contribution in [-0.4, -0.2) is 12.5 Å². The highest BCUT2D eigenvalue weighted by molar-refractivity contribution is 14.1. The van der Waals surface area contributed by atoms with E-state index in [4.69, 9.17) is 10.5 Å². The quantitative estimate of drug-likeness (QED) is 0.597. The minimum absolute atomic E-state index is 0.0780. The van der Waals surface area contributed by atoms with Gasteiger partial charge in [-0.05, 0) is 59.0 Å². The first-order valence-electron chi connectivity index (χ1n) is 6.28. The van der Waals surface area contributed by atoms with E-state index >= 15 is 0 Å². The molecule has 0 saturated carbocycles. The molecular formula is C15H14FIN2O2. The summed E-state index contributed by atoms with van der Waals surface area (Å²) in [5.74, 6) is -0.147. The summed E-state index contributed by atoms with van der Waals surface area (Å²) in [6, 6.07) is 11.5. The molecule has 110 valence electrons. The molecule has 0 saturated heterocycles. The lowest BCUT2D eigenvalue weighted by atomic mass is 10.2. The van der Waals surface area contributed by atoms with Crippen LogP contribution in [0.2, 0.25) is 0 Å². The van der Waals surface area contributed by atoms with Crippen molar-refractivity contribution >= 4 is 39.9 Å². The van der Waals surface area contributed by atoms with Gasteiger partial charge in [0.15, 0.2) is 0 Å². The zero-order valence-corrected chi connectivity index (χ0v) is 13.3. The normalized spacial score (nSPS) is 10.2. The van der Waals surface area contributed by atoms with Crippen LogP contribution in [0.15, 0.2) is 42.5 Å². The second-order valence-electron chi connectivity index (χ2n) is 4.34. The summed E-state index contributed by atoms with van der Waals surface area (Å²) in [5.41, 5.74) is 6.02. The highest BCUT2D eigenvalue weighted by Gasteiger charge is 2.07. The fourth-order valence-electron chi connectivity index (χ4n) is 1.67. The van der Waals surface area contributed by atoms with E-state index in [0.29, 0.717) is 11.4 Å². The number of carbonyl (C=O) groups is 1. The number of benzene rings is 2. The number of nitrogen functional groups attached to an aromatic ring is 1. The van der Waals surface area contributed by atoms with E-state index in [-0.39, 0.29) is 24.6 Å². The van der Waals surface area contributed by atoms with E-state index in [1.54, 1.807) is 0 Å². The van der Waals surface area contributed by atoms with Gasteiger partial charge in [-0.3, -0.25) is 4.79 Å². The molecule has 0 fully saturated rings. The third-order valence-corrected chi connectivity index (χ3v) is 3.33. The zero-order chi connectivity index (χ0) is 15.2. The van der Waals surface area contributed by atoms with Gasteiger partial charge in [0, 0.05) is 9.26 Å². The average molecular weight is 400 g/mol. The van der Waals surface area contributed by atoms with Crippen molar-refractivity contribution in [3.05, 3.63) is 51.9 Å². The molecule has 2 rings (SSSR count). The lowest BCUT2D eigenvalue weighted by Gasteiger charge is -2.08. The molecule has 2 aromatic rings. The predicted molar refractivity (Wildman–Crippen MR) is 88.7 cm³/mol. The lowest BCUT2D eigenvalue weighted by molar-refractivity contribution is -0.116. The van der Waals surface area contributed by atoms with Crippen molar-refractivity contribution < 1.29 is 13.9 Å². The number of amides is 1. The van der Waals surface area contributed by atoms with Crippen LogP contribution in [0, 0.1) is 9.39 Å². The van der Waals surface area contributed by atoms with Crippen LogP contribution in [0.5, 0.6) is 5.75 Å².